The van der Waals surface area contributed by atoms with Crippen LogP contribution in [-0.4, -0.2) is 31.1 Å². The average molecular weight is 198 g/mol. The van der Waals surface area contributed by atoms with Crippen molar-refractivity contribution < 1.29 is 0 Å². The van der Waals surface area contributed by atoms with Crippen LogP contribution >= 0.6 is 0 Å². The zero-order valence-corrected chi connectivity index (χ0v) is 9.84. The molecule has 0 spiro atoms. The Morgan fingerprint density at radius 1 is 1.50 bits per heavy atom. The summed E-state index contributed by atoms with van der Waals surface area (Å²) in [5, 5.41) is 0. The van der Waals surface area contributed by atoms with Gasteiger partial charge in [0.1, 0.15) is 0 Å². The third-order valence-electron chi connectivity index (χ3n) is 3.29. The first kappa shape index (κ1) is 12.0. The SMILES string of the molecule is CCCC(CN)CN1CCCC(C)C1. The monoisotopic (exact) mass is 198 g/mol. The van der Waals surface area contributed by atoms with Crippen molar-refractivity contribution in [2.24, 2.45) is 17.6 Å². The van der Waals surface area contributed by atoms with E-state index in [-0.39, 0.29) is 0 Å². The van der Waals surface area contributed by atoms with Crippen LogP contribution in [0.25, 0.3) is 0 Å². The summed E-state index contributed by atoms with van der Waals surface area (Å²) < 4.78 is 0. The molecule has 2 N–H and O–H groups in total. The van der Waals surface area contributed by atoms with Gasteiger partial charge < -0.3 is 10.6 Å². The molecule has 0 aromatic heterocycles. The zero-order valence-electron chi connectivity index (χ0n) is 9.84. The molecule has 0 radical (unpaired) electrons. The highest BCUT2D eigenvalue weighted by Crippen LogP contribution is 2.17. The number of nitrogens with two attached hydrogens (primary N) is 1. The van der Waals surface area contributed by atoms with Crippen LogP contribution in [0.1, 0.15) is 39.5 Å². The predicted molar refractivity (Wildman–Crippen MR) is 62.3 cm³/mol. The predicted octanol–water partition coefficient (Wildman–Crippen LogP) is 2.09. The number of hydrogen-bond donors (Lipinski definition) is 1. The summed E-state index contributed by atoms with van der Waals surface area (Å²) in [7, 11) is 0. The molecule has 1 rings (SSSR count). The first-order chi connectivity index (χ1) is 6.76. The molecule has 2 nitrogen and oxygen atoms in total. The van der Waals surface area contributed by atoms with Gasteiger partial charge in [-0.3, -0.25) is 0 Å². The number of piperidine rings is 1. The van der Waals surface area contributed by atoms with E-state index in [1.165, 1.54) is 45.3 Å². The van der Waals surface area contributed by atoms with Crippen molar-refractivity contribution >= 4 is 0 Å². The van der Waals surface area contributed by atoms with Crippen molar-refractivity contribution in [3.05, 3.63) is 0 Å². The van der Waals surface area contributed by atoms with Gasteiger partial charge in [0, 0.05) is 13.1 Å². The molecular weight excluding hydrogens is 172 g/mol. The second-order valence-electron chi connectivity index (χ2n) is 4.90. The molecule has 2 heteroatoms. The third-order valence-corrected chi connectivity index (χ3v) is 3.29. The summed E-state index contributed by atoms with van der Waals surface area (Å²) >= 11 is 0. The van der Waals surface area contributed by atoms with Gasteiger partial charge >= 0.3 is 0 Å². The standard InChI is InChI=1S/C12H26N2/c1-3-5-12(8-13)10-14-7-4-6-11(2)9-14/h11-12H,3-10,13H2,1-2H3. The molecule has 1 saturated heterocycles. The first-order valence-corrected chi connectivity index (χ1v) is 6.18. The molecule has 1 aliphatic rings. The van der Waals surface area contributed by atoms with Gasteiger partial charge in [-0.25, -0.2) is 0 Å². The lowest BCUT2D eigenvalue weighted by molar-refractivity contribution is 0.157. The van der Waals surface area contributed by atoms with E-state index in [1.54, 1.807) is 0 Å². The summed E-state index contributed by atoms with van der Waals surface area (Å²) in [5.74, 6) is 1.62. The van der Waals surface area contributed by atoms with Gasteiger partial charge in [0.25, 0.3) is 0 Å². The number of likely N-dealkylation sites (tertiary alicyclic amines) is 1. The number of hydrogen-bond acceptors (Lipinski definition) is 2. The molecule has 0 saturated carbocycles. The molecule has 1 heterocycles. The van der Waals surface area contributed by atoms with Crippen LogP contribution in [0.4, 0.5) is 0 Å². The highest BCUT2D eigenvalue weighted by atomic mass is 15.1. The van der Waals surface area contributed by atoms with E-state index in [2.05, 4.69) is 18.7 Å². The Bertz CT molecular complexity index is 147. The topological polar surface area (TPSA) is 29.3 Å². The molecule has 14 heavy (non-hydrogen) atoms. The van der Waals surface area contributed by atoms with Crippen molar-refractivity contribution in [2.75, 3.05) is 26.2 Å². The van der Waals surface area contributed by atoms with Gasteiger partial charge in [-0.15, -0.1) is 0 Å². The van der Waals surface area contributed by atoms with Gasteiger partial charge in [-0.05, 0) is 44.2 Å². The second-order valence-corrected chi connectivity index (χ2v) is 4.90. The van der Waals surface area contributed by atoms with Crippen molar-refractivity contribution in [2.45, 2.75) is 39.5 Å². The van der Waals surface area contributed by atoms with Crippen LogP contribution in [0, 0.1) is 11.8 Å². The molecule has 0 aliphatic carbocycles. The molecule has 0 aromatic rings. The molecule has 1 aliphatic heterocycles. The van der Waals surface area contributed by atoms with Crippen molar-refractivity contribution in [1.82, 2.24) is 4.90 Å². The molecule has 84 valence electrons. The smallest absolute Gasteiger partial charge is 0.00218 e. The van der Waals surface area contributed by atoms with Crippen LogP contribution in [0.15, 0.2) is 0 Å². The van der Waals surface area contributed by atoms with E-state index < -0.39 is 0 Å². The minimum atomic E-state index is 0.727. The lowest BCUT2D eigenvalue weighted by Gasteiger charge is -2.33. The zero-order chi connectivity index (χ0) is 10.4. The Kier molecular flexibility index (Phi) is 5.49. The summed E-state index contributed by atoms with van der Waals surface area (Å²) in [6, 6.07) is 0. The van der Waals surface area contributed by atoms with E-state index in [0.29, 0.717) is 0 Å². The van der Waals surface area contributed by atoms with Gasteiger partial charge in [0.05, 0.1) is 0 Å². The fraction of sp³-hybridized carbons (Fsp3) is 1.00. The van der Waals surface area contributed by atoms with Crippen LogP contribution in [0.5, 0.6) is 0 Å². The highest BCUT2D eigenvalue weighted by Gasteiger charge is 2.18. The van der Waals surface area contributed by atoms with Crippen LogP contribution in [0.2, 0.25) is 0 Å². The van der Waals surface area contributed by atoms with E-state index in [0.717, 1.165) is 18.4 Å². The quantitative estimate of drug-likeness (QED) is 0.733. The number of rotatable bonds is 5. The van der Waals surface area contributed by atoms with Gasteiger partial charge in [-0.2, -0.15) is 0 Å². The normalized spacial score (nSPS) is 26.4. The van der Waals surface area contributed by atoms with Crippen LogP contribution in [0.3, 0.4) is 0 Å². The summed E-state index contributed by atoms with van der Waals surface area (Å²) in [6.45, 7) is 9.29. The highest BCUT2D eigenvalue weighted by molar-refractivity contribution is 4.73. The minimum absolute atomic E-state index is 0.727. The average Bonchev–Trinajstić information content (AvgIpc) is 2.17. The van der Waals surface area contributed by atoms with E-state index in [9.17, 15) is 0 Å². The fourth-order valence-electron chi connectivity index (χ4n) is 2.51. The first-order valence-electron chi connectivity index (χ1n) is 6.18. The molecule has 1 fully saturated rings. The van der Waals surface area contributed by atoms with Gasteiger partial charge in [0.15, 0.2) is 0 Å². The largest absolute Gasteiger partial charge is 0.330 e. The Labute approximate surface area is 88.8 Å². The fourth-order valence-corrected chi connectivity index (χ4v) is 2.51. The molecule has 2 unspecified atom stereocenters. The molecule has 0 bridgehead atoms. The van der Waals surface area contributed by atoms with Gasteiger partial charge in [-0.1, -0.05) is 20.3 Å². The van der Waals surface area contributed by atoms with Gasteiger partial charge in [0.2, 0.25) is 0 Å². The van der Waals surface area contributed by atoms with E-state index >= 15 is 0 Å². The van der Waals surface area contributed by atoms with Crippen LogP contribution < -0.4 is 5.73 Å². The molecular formula is C12H26N2. The Morgan fingerprint density at radius 2 is 2.29 bits per heavy atom. The maximum Gasteiger partial charge on any atom is 0.00218 e. The maximum atomic E-state index is 5.78. The summed E-state index contributed by atoms with van der Waals surface area (Å²) in [5.41, 5.74) is 5.78. The van der Waals surface area contributed by atoms with Crippen LogP contribution in [-0.2, 0) is 0 Å². The second kappa shape index (κ2) is 6.41. The summed E-state index contributed by atoms with van der Waals surface area (Å²) in [4.78, 5) is 2.61. The van der Waals surface area contributed by atoms with E-state index in [1.807, 2.05) is 0 Å². The van der Waals surface area contributed by atoms with Crippen molar-refractivity contribution in [1.29, 1.82) is 0 Å². The van der Waals surface area contributed by atoms with Crippen molar-refractivity contribution in [3.8, 4) is 0 Å². The lowest BCUT2D eigenvalue weighted by atomic mass is 9.97. The molecule has 0 aromatic carbocycles. The Hall–Kier alpha value is -0.0800. The van der Waals surface area contributed by atoms with Crippen molar-refractivity contribution in [3.63, 3.8) is 0 Å². The Balaban J connectivity index is 2.26. The number of nitrogens with zero attached hydrogens (tertiary/aromatic N) is 1. The third kappa shape index (κ3) is 3.97. The van der Waals surface area contributed by atoms with E-state index in [4.69, 9.17) is 5.73 Å². The maximum absolute atomic E-state index is 5.78. The molecule has 0 amide bonds. The minimum Gasteiger partial charge on any atom is -0.330 e. The molecule has 2 atom stereocenters. The lowest BCUT2D eigenvalue weighted by Crippen LogP contribution is -2.39. The Morgan fingerprint density at radius 3 is 2.86 bits per heavy atom. The summed E-state index contributed by atoms with van der Waals surface area (Å²) in [6.07, 6.45) is 5.36.